The molecule has 3 aromatic carbocycles. The molecule has 9 heteroatoms. The first kappa shape index (κ1) is 22.8. The summed E-state index contributed by atoms with van der Waals surface area (Å²) in [6.45, 7) is 3.70. The monoisotopic (exact) mass is 462 g/mol. The van der Waals surface area contributed by atoms with Crippen LogP contribution >= 0.6 is 0 Å². The van der Waals surface area contributed by atoms with Gasteiger partial charge in [0.2, 0.25) is 0 Å². The smallest absolute Gasteiger partial charge is 0.276 e. The van der Waals surface area contributed by atoms with Crippen LogP contribution in [0.2, 0.25) is 0 Å². The standard InChI is InChI=1S/C25H22N2O7/c1-25(2)12-11-17-13-23(32-15-18-7-3-5-9-20(18)26(28)29)24(14-22(17)34-25)33-16-19-8-4-6-10-21(19)27(30)31/h3-14H,15-16H2,1-2H3. The first-order valence-corrected chi connectivity index (χ1v) is 10.5. The second-order valence-electron chi connectivity index (χ2n) is 8.22. The van der Waals surface area contributed by atoms with Crippen molar-refractivity contribution in [1.29, 1.82) is 0 Å². The minimum atomic E-state index is -0.518. The van der Waals surface area contributed by atoms with Gasteiger partial charge in [-0.2, -0.15) is 0 Å². The zero-order valence-corrected chi connectivity index (χ0v) is 18.6. The molecule has 3 aromatic rings. The summed E-state index contributed by atoms with van der Waals surface area (Å²) in [5, 5.41) is 22.7. The number of ether oxygens (including phenoxy) is 3. The Morgan fingerprint density at radius 3 is 1.85 bits per heavy atom. The number of nitro groups is 2. The van der Waals surface area contributed by atoms with Gasteiger partial charge < -0.3 is 14.2 Å². The van der Waals surface area contributed by atoms with E-state index in [1.54, 1.807) is 48.5 Å². The molecule has 0 bridgehead atoms. The minimum Gasteiger partial charge on any atom is -0.485 e. The van der Waals surface area contributed by atoms with Crippen LogP contribution in [0.1, 0.15) is 30.5 Å². The van der Waals surface area contributed by atoms with Crippen molar-refractivity contribution in [3.63, 3.8) is 0 Å². The van der Waals surface area contributed by atoms with E-state index in [1.165, 1.54) is 12.1 Å². The molecule has 0 unspecified atom stereocenters. The molecule has 0 radical (unpaired) electrons. The highest BCUT2D eigenvalue weighted by molar-refractivity contribution is 5.66. The predicted molar refractivity (Wildman–Crippen MR) is 125 cm³/mol. The van der Waals surface area contributed by atoms with E-state index in [9.17, 15) is 20.2 Å². The molecule has 0 fully saturated rings. The molecule has 174 valence electrons. The van der Waals surface area contributed by atoms with Gasteiger partial charge in [-0.05, 0) is 38.1 Å². The Bertz CT molecular complexity index is 1280. The predicted octanol–water partition coefficient (Wildman–Crippen LogP) is 5.85. The molecular weight excluding hydrogens is 440 g/mol. The van der Waals surface area contributed by atoms with E-state index < -0.39 is 15.4 Å². The Labute approximate surface area is 195 Å². The van der Waals surface area contributed by atoms with Crippen molar-refractivity contribution in [2.45, 2.75) is 32.7 Å². The Hall–Kier alpha value is -4.40. The number of para-hydroxylation sites is 2. The first-order valence-electron chi connectivity index (χ1n) is 10.5. The van der Waals surface area contributed by atoms with Crippen LogP contribution in [-0.4, -0.2) is 15.4 Å². The fraction of sp³-hybridized carbons (Fsp3) is 0.200. The summed E-state index contributed by atoms with van der Waals surface area (Å²) in [6, 6.07) is 16.0. The third-order valence-electron chi connectivity index (χ3n) is 5.26. The van der Waals surface area contributed by atoms with Crippen LogP contribution in [-0.2, 0) is 13.2 Å². The molecule has 1 aliphatic heterocycles. The first-order chi connectivity index (χ1) is 16.2. The highest BCUT2D eigenvalue weighted by atomic mass is 16.6. The van der Waals surface area contributed by atoms with Gasteiger partial charge in [-0.15, -0.1) is 0 Å². The van der Waals surface area contributed by atoms with Crippen molar-refractivity contribution in [2.75, 3.05) is 0 Å². The molecule has 0 spiro atoms. The van der Waals surface area contributed by atoms with Crippen LogP contribution in [0.3, 0.4) is 0 Å². The average Bonchev–Trinajstić information content (AvgIpc) is 2.81. The Morgan fingerprint density at radius 1 is 0.824 bits per heavy atom. The lowest BCUT2D eigenvalue weighted by molar-refractivity contribution is -0.386. The summed E-state index contributed by atoms with van der Waals surface area (Å²) >= 11 is 0. The number of nitrogens with zero attached hydrogens (tertiary/aromatic N) is 2. The fourth-order valence-electron chi connectivity index (χ4n) is 3.54. The Kier molecular flexibility index (Phi) is 6.18. The van der Waals surface area contributed by atoms with E-state index in [1.807, 2.05) is 26.0 Å². The molecule has 0 saturated heterocycles. The van der Waals surface area contributed by atoms with Crippen molar-refractivity contribution >= 4 is 17.5 Å². The number of benzene rings is 3. The number of hydrogen-bond donors (Lipinski definition) is 0. The summed E-state index contributed by atoms with van der Waals surface area (Å²) in [7, 11) is 0. The summed E-state index contributed by atoms with van der Waals surface area (Å²) in [5.41, 5.74) is 0.944. The van der Waals surface area contributed by atoms with Gasteiger partial charge in [0, 0.05) is 23.8 Å². The van der Waals surface area contributed by atoms with Crippen molar-refractivity contribution in [3.05, 3.63) is 104 Å². The van der Waals surface area contributed by atoms with Crippen molar-refractivity contribution in [3.8, 4) is 17.2 Å². The van der Waals surface area contributed by atoms with Gasteiger partial charge in [-0.1, -0.05) is 30.3 Å². The van der Waals surface area contributed by atoms with E-state index in [4.69, 9.17) is 14.2 Å². The van der Waals surface area contributed by atoms with E-state index in [0.29, 0.717) is 28.4 Å². The molecule has 0 N–H and O–H groups in total. The quantitative estimate of drug-likeness (QED) is 0.305. The van der Waals surface area contributed by atoms with E-state index >= 15 is 0 Å². The van der Waals surface area contributed by atoms with Gasteiger partial charge in [-0.25, -0.2) is 0 Å². The van der Waals surface area contributed by atoms with E-state index in [0.717, 1.165) is 5.56 Å². The van der Waals surface area contributed by atoms with Crippen LogP contribution in [0.4, 0.5) is 11.4 Å². The molecule has 1 aliphatic rings. The maximum atomic E-state index is 11.4. The highest BCUT2D eigenvalue weighted by Crippen LogP contribution is 2.41. The second kappa shape index (κ2) is 9.22. The fourth-order valence-corrected chi connectivity index (χ4v) is 3.54. The highest BCUT2D eigenvalue weighted by Gasteiger charge is 2.25. The maximum Gasteiger partial charge on any atom is 0.276 e. The molecule has 0 amide bonds. The summed E-state index contributed by atoms with van der Waals surface area (Å²) in [5.74, 6) is 1.22. The zero-order chi connectivity index (χ0) is 24.3. The van der Waals surface area contributed by atoms with Crippen molar-refractivity contribution < 1.29 is 24.1 Å². The van der Waals surface area contributed by atoms with Crippen LogP contribution in [0.25, 0.3) is 6.08 Å². The zero-order valence-electron chi connectivity index (χ0n) is 18.6. The molecule has 0 saturated carbocycles. The Morgan fingerprint density at radius 2 is 1.32 bits per heavy atom. The van der Waals surface area contributed by atoms with Crippen molar-refractivity contribution in [2.24, 2.45) is 0 Å². The van der Waals surface area contributed by atoms with Gasteiger partial charge in [0.15, 0.2) is 11.5 Å². The van der Waals surface area contributed by atoms with Crippen LogP contribution in [0.5, 0.6) is 17.2 Å². The van der Waals surface area contributed by atoms with Crippen LogP contribution in [0, 0.1) is 20.2 Å². The number of rotatable bonds is 8. The third kappa shape index (κ3) is 4.98. The van der Waals surface area contributed by atoms with Gasteiger partial charge in [0.25, 0.3) is 11.4 Å². The number of nitro benzene ring substituents is 2. The van der Waals surface area contributed by atoms with Crippen LogP contribution < -0.4 is 14.2 Å². The maximum absolute atomic E-state index is 11.4. The lowest BCUT2D eigenvalue weighted by Crippen LogP contribution is -2.27. The van der Waals surface area contributed by atoms with Gasteiger partial charge >= 0.3 is 0 Å². The normalized spacial score (nSPS) is 13.5. The lowest BCUT2D eigenvalue weighted by atomic mass is 10.0. The average molecular weight is 462 g/mol. The molecule has 1 heterocycles. The summed E-state index contributed by atoms with van der Waals surface area (Å²) < 4.78 is 17.9. The van der Waals surface area contributed by atoms with Gasteiger partial charge in [0.05, 0.1) is 21.0 Å². The number of fused-ring (bicyclic) bond motifs is 1. The molecule has 0 aliphatic carbocycles. The molecule has 9 nitrogen and oxygen atoms in total. The van der Waals surface area contributed by atoms with Crippen molar-refractivity contribution in [1.82, 2.24) is 0 Å². The van der Waals surface area contributed by atoms with Gasteiger partial charge in [0.1, 0.15) is 24.6 Å². The minimum absolute atomic E-state index is 0.0483. The Balaban J connectivity index is 1.65. The molecule has 0 atom stereocenters. The SMILES string of the molecule is CC1(C)C=Cc2cc(OCc3ccccc3[N+](=O)[O-])c(OCc3ccccc3[N+](=O)[O-])cc2O1. The second-order valence-corrected chi connectivity index (χ2v) is 8.22. The van der Waals surface area contributed by atoms with Gasteiger partial charge in [-0.3, -0.25) is 20.2 Å². The van der Waals surface area contributed by atoms with E-state index in [-0.39, 0.29) is 24.6 Å². The number of hydrogen-bond acceptors (Lipinski definition) is 7. The summed E-state index contributed by atoms with van der Waals surface area (Å²) in [6.07, 6.45) is 3.82. The third-order valence-corrected chi connectivity index (χ3v) is 5.26. The molecule has 4 rings (SSSR count). The molecule has 0 aromatic heterocycles. The molecular formula is C25H22N2O7. The lowest BCUT2D eigenvalue weighted by Gasteiger charge is -2.28. The largest absolute Gasteiger partial charge is 0.485 e. The topological polar surface area (TPSA) is 114 Å². The summed E-state index contributed by atoms with van der Waals surface area (Å²) in [4.78, 5) is 21.8. The van der Waals surface area contributed by atoms with E-state index in [2.05, 4.69) is 0 Å². The van der Waals surface area contributed by atoms with Crippen LogP contribution in [0.15, 0.2) is 66.7 Å². The molecule has 34 heavy (non-hydrogen) atoms.